The van der Waals surface area contributed by atoms with Crippen LogP contribution in [0.25, 0.3) is 0 Å². The van der Waals surface area contributed by atoms with Gasteiger partial charge in [-0.3, -0.25) is 14.4 Å². The summed E-state index contributed by atoms with van der Waals surface area (Å²) in [7, 11) is 1.89. The van der Waals surface area contributed by atoms with Crippen molar-refractivity contribution in [1.82, 2.24) is 20.0 Å². The summed E-state index contributed by atoms with van der Waals surface area (Å²) in [5.74, 6) is 0.0351. The van der Waals surface area contributed by atoms with E-state index in [-0.39, 0.29) is 5.91 Å². The van der Waals surface area contributed by atoms with E-state index in [1.807, 2.05) is 20.9 Å². The van der Waals surface area contributed by atoms with Crippen LogP contribution in [-0.2, 0) is 11.8 Å². The van der Waals surface area contributed by atoms with Gasteiger partial charge in [-0.15, -0.1) is 0 Å². The van der Waals surface area contributed by atoms with Crippen LogP contribution in [0.4, 0.5) is 5.69 Å². The molecule has 0 aromatic carbocycles. The summed E-state index contributed by atoms with van der Waals surface area (Å²) >= 11 is 0. The quantitative estimate of drug-likeness (QED) is 0.823. The van der Waals surface area contributed by atoms with Gasteiger partial charge in [-0.1, -0.05) is 0 Å². The number of nitrogens with one attached hydrogen (secondary N) is 2. The first kappa shape index (κ1) is 14.0. The van der Waals surface area contributed by atoms with E-state index in [2.05, 4.69) is 27.6 Å². The van der Waals surface area contributed by atoms with Crippen molar-refractivity contribution in [3.63, 3.8) is 0 Å². The Morgan fingerprint density at radius 3 is 2.84 bits per heavy atom. The second-order valence-corrected chi connectivity index (χ2v) is 5.24. The SMILES string of the molecule is Cc1nn(C)c(C)c1NC(=O)CN1CCNC[C@H]1C. The van der Waals surface area contributed by atoms with Crippen molar-refractivity contribution in [3.8, 4) is 0 Å². The monoisotopic (exact) mass is 265 g/mol. The van der Waals surface area contributed by atoms with Crippen LogP contribution in [0, 0.1) is 13.8 Å². The van der Waals surface area contributed by atoms with E-state index in [0.29, 0.717) is 12.6 Å². The molecule has 6 heteroatoms. The van der Waals surface area contributed by atoms with Crippen molar-refractivity contribution in [3.05, 3.63) is 11.4 Å². The molecule has 0 bridgehead atoms. The van der Waals surface area contributed by atoms with Crippen LogP contribution in [0.2, 0.25) is 0 Å². The van der Waals surface area contributed by atoms with Gasteiger partial charge in [0.2, 0.25) is 5.91 Å². The molecule has 1 amide bonds. The van der Waals surface area contributed by atoms with Crippen LogP contribution in [0.15, 0.2) is 0 Å². The smallest absolute Gasteiger partial charge is 0.238 e. The molecule has 0 spiro atoms. The number of carbonyl (C=O) groups is 1. The average Bonchev–Trinajstić information content (AvgIpc) is 2.59. The Balaban J connectivity index is 1.97. The minimum Gasteiger partial charge on any atom is -0.322 e. The summed E-state index contributed by atoms with van der Waals surface area (Å²) in [4.78, 5) is 14.3. The lowest BCUT2D eigenvalue weighted by atomic mass is 10.2. The molecule has 1 aromatic heterocycles. The van der Waals surface area contributed by atoms with Crippen LogP contribution >= 0.6 is 0 Å². The fourth-order valence-corrected chi connectivity index (χ4v) is 2.44. The van der Waals surface area contributed by atoms with Gasteiger partial charge in [-0.05, 0) is 20.8 Å². The van der Waals surface area contributed by atoms with Gasteiger partial charge < -0.3 is 10.6 Å². The number of amides is 1. The molecule has 1 aliphatic heterocycles. The zero-order valence-corrected chi connectivity index (χ0v) is 12.2. The van der Waals surface area contributed by atoms with Gasteiger partial charge in [0.1, 0.15) is 0 Å². The van der Waals surface area contributed by atoms with Gasteiger partial charge in [0.05, 0.1) is 23.6 Å². The second kappa shape index (κ2) is 5.71. The highest BCUT2D eigenvalue weighted by atomic mass is 16.2. The normalized spacial score (nSPS) is 20.5. The van der Waals surface area contributed by atoms with Gasteiger partial charge in [0.25, 0.3) is 0 Å². The first-order chi connectivity index (χ1) is 8.99. The highest BCUT2D eigenvalue weighted by molar-refractivity contribution is 5.93. The molecular formula is C13H23N5O. The van der Waals surface area contributed by atoms with Crippen LogP contribution in [0.5, 0.6) is 0 Å². The van der Waals surface area contributed by atoms with Crippen molar-refractivity contribution in [2.45, 2.75) is 26.8 Å². The molecular weight excluding hydrogens is 242 g/mol. The number of aromatic nitrogens is 2. The molecule has 2 rings (SSSR count). The summed E-state index contributed by atoms with van der Waals surface area (Å²) in [5, 5.41) is 10.6. The number of aryl methyl sites for hydroxylation is 2. The van der Waals surface area contributed by atoms with Crippen molar-refractivity contribution < 1.29 is 4.79 Å². The van der Waals surface area contributed by atoms with Gasteiger partial charge in [-0.25, -0.2) is 0 Å². The molecule has 0 aliphatic carbocycles. The molecule has 1 aromatic rings. The molecule has 2 heterocycles. The van der Waals surface area contributed by atoms with E-state index in [1.165, 1.54) is 0 Å². The zero-order valence-electron chi connectivity index (χ0n) is 12.2. The third kappa shape index (κ3) is 3.13. The fourth-order valence-electron chi connectivity index (χ4n) is 2.44. The highest BCUT2D eigenvalue weighted by Gasteiger charge is 2.21. The molecule has 6 nitrogen and oxygen atoms in total. The number of carbonyl (C=O) groups excluding carboxylic acids is 1. The predicted molar refractivity (Wildman–Crippen MR) is 75.2 cm³/mol. The Morgan fingerprint density at radius 1 is 1.53 bits per heavy atom. The van der Waals surface area contributed by atoms with Gasteiger partial charge in [0, 0.05) is 32.7 Å². The molecule has 1 atom stereocenters. The topological polar surface area (TPSA) is 62.2 Å². The molecule has 0 radical (unpaired) electrons. The Bertz CT molecular complexity index is 468. The summed E-state index contributed by atoms with van der Waals surface area (Å²) in [6, 6.07) is 0.399. The van der Waals surface area contributed by atoms with Crippen LogP contribution in [-0.4, -0.2) is 52.8 Å². The number of hydrogen-bond donors (Lipinski definition) is 2. The maximum absolute atomic E-state index is 12.1. The molecule has 106 valence electrons. The van der Waals surface area contributed by atoms with E-state index >= 15 is 0 Å². The maximum atomic E-state index is 12.1. The van der Waals surface area contributed by atoms with Gasteiger partial charge in [-0.2, -0.15) is 5.10 Å². The standard InChI is InChI=1S/C13H23N5O/c1-9-7-14-5-6-18(9)8-12(19)15-13-10(2)16-17(4)11(13)3/h9,14H,5-8H2,1-4H3,(H,15,19)/t9-/m1/s1. The Morgan fingerprint density at radius 2 is 2.26 bits per heavy atom. The zero-order chi connectivity index (χ0) is 14.0. The molecule has 1 saturated heterocycles. The minimum absolute atomic E-state index is 0.0351. The van der Waals surface area contributed by atoms with E-state index in [1.54, 1.807) is 4.68 Å². The van der Waals surface area contributed by atoms with E-state index < -0.39 is 0 Å². The summed E-state index contributed by atoms with van der Waals surface area (Å²) in [6.45, 7) is 9.26. The third-order valence-electron chi connectivity index (χ3n) is 3.76. The predicted octanol–water partition coefficient (Wildman–Crippen LogP) is 0.269. The van der Waals surface area contributed by atoms with Crippen molar-refractivity contribution >= 4 is 11.6 Å². The molecule has 1 aliphatic rings. The van der Waals surface area contributed by atoms with E-state index in [0.717, 1.165) is 36.7 Å². The molecule has 2 N–H and O–H groups in total. The molecule has 1 fully saturated rings. The van der Waals surface area contributed by atoms with Crippen LogP contribution in [0.1, 0.15) is 18.3 Å². The van der Waals surface area contributed by atoms with Gasteiger partial charge >= 0.3 is 0 Å². The Kier molecular flexibility index (Phi) is 4.21. The molecule has 0 saturated carbocycles. The van der Waals surface area contributed by atoms with Gasteiger partial charge in [0.15, 0.2) is 0 Å². The van der Waals surface area contributed by atoms with Crippen molar-refractivity contribution in [1.29, 1.82) is 0 Å². The van der Waals surface area contributed by atoms with Crippen molar-refractivity contribution in [2.75, 3.05) is 31.5 Å². The largest absolute Gasteiger partial charge is 0.322 e. The summed E-state index contributed by atoms with van der Waals surface area (Å²) < 4.78 is 1.79. The lowest BCUT2D eigenvalue weighted by Gasteiger charge is -2.33. The van der Waals surface area contributed by atoms with Crippen molar-refractivity contribution in [2.24, 2.45) is 7.05 Å². The number of piperazine rings is 1. The fraction of sp³-hybridized carbons (Fsp3) is 0.692. The number of hydrogen-bond acceptors (Lipinski definition) is 4. The Labute approximate surface area is 114 Å². The van der Waals surface area contributed by atoms with E-state index in [4.69, 9.17) is 0 Å². The Hall–Kier alpha value is -1.40. The summed E-state index contributed by atoms with van der Waals surface area (Å²) in [6.07, 6.45) is 0. The van der Waals surface area contributed by atoms with Crippen LogP contribution < -0.4 is 10.6 Å². The maximum Gasteiger partial charge on any atom is 0.238 e. The first-order valence-electron chi connectivity index (χ1n) is 6.74. The summed E-state index contributed by atoms with van der Waals surface area (Å²) in [5.41, 5.74) is 2.69. The second-order valence-electron chi connectivity index (χ2n) is 5.24. The number of anilines is 1. The first-order valence-corrected chi connectivity index (χ1v) is 6.74. The molecule has 0 unspecified atom stereocenters. The third-order valence-corrected chi connectivity index (χ3v) is 3.76. The number of rotatable bonds is 3. The lowest BCUT2D eigenvalue weighted by Crippen LogP contribution is -2.52. The van der Waals surface area contributed by atoms with E-state index in [9.17, 15) is 4.79 Å². The number of nitrogens with zero attached hydrogens (tertiary/aromatic N) is 3. The average molecular weight is 265 g/mol. The highest BCUT2D eigenvalue weighted by Crippen LogP contribution is 2.18. The molecule has 19 heavy (non-hydrogen) atoms. The lowest BCUT2D eigenvalue weighted by molar-refractivity contribution is -0.118. The minimum atomic E-state index is 0.0351. The van der Waals surface area contributed by atoms with Crippen LogP contribution in [0.3, 0.4) is 0 Å².